The number of carbonyl (C=O) groups excluding carboxylic acids is 2. The van der Waals surface area contributed by atoms with Crippen LogP contribution in [0.25, 0.3) is 9.88 Å². The quantitative estimate of drug-likeness (QED) is 0.817. The number of nitrogens with one attached hydrogen (secondary N) is 1. The van der Waals surface area contributed by atoms with Crippen molar-refractivity contribution in [1.82, 2.24) is 20.1 Å². The van der Waals surface area contributed by atoms with Gasteiger partial charge in [0.05, 0.1) is 23.5 Å². The number of piperazine rings is 1. The number of hydrogen-bond acceptors (Lipinski definition) is 6. The van der Waals surface area contributed by atoms with Gasteiger partial charge >= 0.3 is 0 Å². The van der Waals surface area contributed by atoms with Gasteiger partial charge in [-0.3, -0.25) is 14.5 Å². The summed E-state index contributed by atoms with van der Waals surface area (Å²) in [5.74, 6) is 0.228. The van der Waals surface area contributed by atoms with E-state index in [1.807, 2.05) is 27.8 Å². The maximum Gasteiger partial charge on any atom is 0.234 e. The zero-order valence-corrected chi connectivity index (χ0v) is 16.2. The molecule has 138 valence electrons. The molecule has 0 unspecified atom stereocenters. The summed E-state index contributed by atoms with van der Waals surface area (Å²) in [5, 5.41) is 8.01. The van der Waals surface area contributed by atoms with Crippen molar-refractivity contribution in [2.75, 3.05) is 32.7 Å². The van der Waals surface area contributed by atoms with Crippen molar-refractivity contribution in [1.29, 1.82) is 0 Å². The van der Waals surface area contributed by atoms with Crippen LogP contribution >= 0.6 is 22.7 Å². The van der Waals surface area contributed by atoms with Gasteiger partial charge in [-0.15, -0.1) is 22.7 Å². The van der Waals surface area contributed by atoms with Crippen molar-refractivity contribution in [3.8, 4) is 9.88 Å². The van der Waals surface area contributed by atoms with Gasteiger partial charge in [0.1, 0.15) is 5.01 Å². The van der Waals surface area contributed by atoms with Crippen LogP contribution in [0.1, 0.15) is 18.5 Å². The second-order valence-corrected chi connectivity index (χ2v) is 8.60. The van der Waals surface area contributed by atoms with E-state index >= 15 is 0 Å². The Morgan fingerprint density at radius 1 is 1.19 bits per heavy atom. The number of thiophene rings is 1. The summed E-state index contributed by atoms with van der Waals surface area (Å²) < 4.78 is 0. The van der Waals surface area contributed by atoms with Crippen molar-refractivity contribution in [2.24, 2.45) is 0 Å². The Morgan fingerprint density at radius 3 is 2.69 bits per heavy atom. The molecule has 0 radical (unpaired) electrons. The van der Waals surface area contributed by atoms with Gasteiger partial charge in [0.2, 0.25) is 11.8 Å². The first-order valence-electron chi connectivity index (χ1n) is 8.95. The predicted octanol–water partition coefficient (Wildman–Crippen LogP) is 1.84. The highest BCUT2D eigenvalue weighted by Crippen LogP contribution is 2.28. The van der Waals surface area contributed by atoms with Crippen LogP contribution in [0.5, 0.6) is 0 Å². The third-order valence-electron chi connectivity index (χ3n) is 4.65. The third kappa shape index (κ3) is 4.49. The Balaban J connectivity index is 1.24. The van der Waals surface area contributed by atoms with E-state index in [9.17, 15) is 9.59 Å². The normalized spacial score (nSPS) is 18.1. The second kappa shape index (κ2) is 7.85. The van der Waals surface area contributed by atoms with Crippen molar-refractivity contribution < 1.29 is 9.59 Å². The maximum atomic E-state index is 12.5. The summed E-state index contributed by atoms with van der Waals surface area (Å²) >= 11 is 3.25. The molecule has 26 heavy (non-hydrogen) atoms. The topological polar surface area (TPSA) is 65.5 Å². The Labute approximate surface area is 160 Å². The van der Waals surface area contributed by atoms with Crippen LogP contribution < -0.4 is 5.32 Å². The van der Waals surface area contributed by atoms with Gasteiger partial charge in [0, 0.05) is 37.6 Å². The molecule has 2 aromatic rings. The minimum atomic E-state index is 0.107. The lowest BCUT2D eigenvalue weighted by atomic mass is 10.2. The predicted molar refractivity (Wildman–Crippen MR) is 103 cm³/mol. The Kier molecular flexibility index (Phi) is 5.33. The minimum absolute atomic E-state index is 0.107. The molecule has 1 saturated carbocycles. The van der Waals surface area contributed by atoms with E-state index in [4.69, 9.17) is 0 Å². The van der Waals surface area contributed by atoms with Crippen LogP contribution in [0.2, 0.25) is 0 Å². The molecule has 2 amide bonds. The number of aromatic nitrogens is 1. The molecule has 1 aliphatic carbocycles. The molecule has 0 spiro atoms. The van der Waals surface area contributed by atoms with Gasteiger partial charge in [-0.05, 0) is 24.3 Å². The molecule has 0 aromatic carbocycles. The first kappa shape index (κ1) is 17.6. The molecular formula is C18H22N4O2S2. The van der Waals surface area contributed by atoms with E-state index in [1.165, 1.54) is 0 Å². The highest BCUT2D eigenvalue weighted by molar-refractivity contribution is 7.20. The van der Waals surface area contributed by atoms with Crippen LogP contribution in [0, 0.1) is 0 Å². The fourth-order valence-corrected chi connectivity index (χ4v) is 4.66. The lowest BCUT2D eigenvalue weighted by molar-refractivity contribution is -0.132. The Hall–Kier alpha value is -1.77. The van der Waals surface area contributed by atoms with E-state index < -0.39 is 0 Å². The zero-order valence-electron chi connectivity index (χ0n) is 14.5. The summed E-state index contributed by atoms with van der Waals surface area (Å²) in [6, 6.07) is 4.46. The Morgan fingerprint density at radius 2 is 2.00 bits per heavy atom. The number of carbonyl (C=O) groups is 2. The van der Waals surface area contributed by atoms with Crippen molar-refractivity contribution in [3.63, 3.8) is 0 Å². The molecule has 6 nitrogen and oxygen atoms in total. The van der Waals surface area contributed by atoms with E-state index in [-0.39, 0.29) is 11.8 Å². The lowest BCUT2D eigenvalue weighted by Gasteiger charge is -2.34. The molecule has 2 fully saturated rings. The molecule has 1 aliphatic heterocycles. The van der Waals surface area contributed by atoms with Gasteiger partial charge in [0.25, 0.3) is 0 Å². The van der Waals surface area contributed by atoms with E-state index in [0.717, 1.165) is 41.5 Å². The number of nitrogens with zero attached hydrogens (tertiary/aromatic N) is 3. The first-order valence-corrected chi connectivity index (χ1v) is 10.7. The fraction of sp³-hybridized carbons (Fsp3) is 0.500. The number of amides is 2. The monoisotopic (exact) mass is 390 g/mol. The summed E-state index contributed by atoms with van der Waals surface area (Å²) in [6.07, 6.45) is 2.57. The third-order valence-corrected chi connectivity index (χ3v) is 6.58. The number of thiazole rings is 1. The van der Waals surface area contributed by atoms with E-state index in [2.05, 4.69) is 15.2 Å². The van der Waals surface area contributed by atoms with Gasteiger partial charge in [-0.25, -0.2) is 4.98 Å². The average Bonchev–Trinajstić information content (AvgIpc) is 3.11. The SMILES string of the molecule is O=C(CN1CCN(C(=O)Cc2csc(-c3cccs3)n2)CC1)NC1CC1. The minimum Gasteiger partial charge on any atom is -0.352 e. The van der Waals surface area contributed by atoms with Crippen LogP contribution in [0.15, 0.2) is 22.9 Å². The van der Waals surface area contributed by atoms with Gasteiger partial charge in [0.15, 0.2) is 0 Å². The second-order valence-electron chi connectivity index (χ2n) is 6.80. The molecular weight excluding hydrogens is 368 g/mol. The van der Waals surface area contributed by atoms with E-state index in [1.54, 1.807) is 22.7 Å². The summed E-state index contributed by atoms with van der Waals surface area (Å²) in [4.78, 5) is 34.2. The molecule has 4 rings (SSSR count). The fourth-order valence-electron chi connectivity index (χ4n) is 3.03. The standard InChI is InChI=1S/C18H22N4O2S2/c23-16(19-13-3-4-13)11-21-5-7-22(8-6-21)17(24)10-14-12-26-18(20-14)15-2-1-9-25-15/h1-2,9,12-13H,3-8,10-11H2,(H,19,23). The molecule has 8 heteroatoms. The molecule has 2 aromatic heterocycles. The summed E-state index contributed by atoms with van der Waals surface area (Å²) in [6.45, 7) is 3.30. The Bertz CT molecular complexity index is 762. The average molecular weight is 391 g/mol. The van der Waals surface area contributed by atoms with Gasteiger partial charge in [-0.1, -0.05) is 6.07 Å². The smallest absolute Gasteiger partial charge is 0.234 e. The molecule has 3 heterocycles. The van der Waals surface area contributed by atoms with Crippen LogP contribution in [-0.2, 0) is 16.0 Å². The van der Waals surface area contributed by atoms with Crippen molar-refractivity contribution in [2.45, 2.75) is 25.3 Å². The number of hydrogen-bond donors (Lipinski definition) is 1. The van der Waals surface area contributed by atoms with Crippen LogP contribution in [-0.4, -0.2) is 65.4 Å². The molecule has 1 saturated heterocycles. The summed E-state index contributed by atoms with van der Waals surface area (Å²) in [5.41, 5.74) is 0.842. The maximum absolute atomic E-state index is 12.5. The largest absolute Gasteiger partial charge is 0.352 e. The van der Waals surface area contributed by atoms with Crippen molar-refractivity contribution in [3.05, 3.63) is 28.6 Å². The van der Waals surface area contributed by atoms with Crippen LogP contribution in [0.4, 0.5) is 0 Å². The van der Waals surface area contributed by atoms with E-state index in [0.29, 0.717) is 32.1 Å². The molecule has 0 bridgehead atoms. The molecule has 2 aliphatic rings. The van der Waals surface area contributed by atoms with Crippen LogP contribution in [0.3, 0.4) is 0 Å². The number of rotatable bonds is 6. The zero-order chi connectivity index (χ0) is 17.9. The first-order chi connectivity index (χ1) is 12.7. The highest BCUT2D eigenvalue weighted by Gasteiger charge is 2.26. The van der Waals surface area contributed by atoms with Crippen molar-refractivity contribution >= 4 is 34.5 Å². The lowest BCUT2D eigenvalue weighted by Crippen LogP contribution is -2.51. The van der Waals surface area contributed by atoms with Gasteiger partial charge in [-0.2, -0.15) is 0 Å². The van der Waals surface area contributed by atoms with Gasteiger partial charge < -0.3 is 10.2 Å². The summed E-state index contributed by atoms with van der Waals surface area (Å²) in [7, 11) is 0. The highest BCUT2D eigenvalue weighted by atomic mass is 32.1. The molecule has 1 N–H and O–H groups in total. The molecule has 0 atom stereocenters.